The molecular weight excluding hydrogens is 238 g/mol. The van der Waals surface area contributed by atoms with E-state index in [0.29, 0.717) is 5.69 Å². The molecule has 0 spiro atoms. The Morgan fingerprint density at radius 3 is 2.95 bits per heavy atom. The lowest BCUT2D eigenvalue weighted by atomic mass is 10.3. The molecule has 0 bridgehead atoms. The molecule has 3 rings (SSSR count). The molecule has 5 heteroatoms. The molecule has 1 N–H and O–H groups in total. The molecule has 1 fully saturated rings. The summed E-state index contributed by atoms with van der Waals surface area (Å²) in [6.07, 6.45) is 2.86. The summed E-state index contributed by atoms with van der Waals surface area (Å²) in [6.45, 7) is 5.31. The fourth-order valence-corrected chi connectivity index (χ4v) is 2.55. The van der Waals surface area contributed by atoms with Crippen LogP contribution in [0.5, 0.6) is 0 Å². The zero-order valence-electron chi connectivity index (χ0n) is 10.8. The molecular formula is C14H17N5. The van der Waals surface area contributed by atoms with E-state index >= 15 is 0 Å². The van der Waals surface area contributed by atoms with Crippen LogP contribution in [0.1, 0.15) is 11.5 Å². The third-order valence-corrected chi connectivity index (χ3v) is 3.59. The van der Waals surface area contributed by atoms with Crippen molar-refractivity contribution < 1.29 is 0 Å². The number of pyridine rings is 1. The highest BCUT2D eigenvalue weighted by Crippen LogP contribution is 2.13. The first-order chi connectivity index (χ1) is 9.38. The monoisotopic (exact) mass is 255 g/mol. The fourth-order valence-electron chi connectivity index (χ4n) is 2.55. The molecule has 0 aromatic carbocycles. The van der Waals surface area contributed by atoms with Crippen LogP contribution in [-0.2, 0) is 6.42 Å². The number of piperazine rings is 1. The lowest BCUT2D eigenvalue weighted by molar-refractivity contribution is 0.242. The fraction of sp³-hybridized carbons (Fsp3) is 0.429. The van der Waals surface area contributed by atoms with Crippen molar-refractivity contribution in [2.75, 3.05) is 32.7 Å². The van der Waals surface area contributed by atoms with Crippen LogP contribution >= 0.6 is 0 Å². The summed E-state index contributed by atoms with van der Waals surface area (Å²) < 4.78 is 2.03. The molecule has 2 aromatic rings. The second-order valence-corrected chi connectivity index (χ2v) is 4.79. The van der Waals surface area contributed by atoms with Gasteiger partial charge in [0, 0.05) is 45.3 Å². The number of fused-ring (bicyclic) bond motifs is 1. The standard InChI is InChI=1S/C14H17N5/c15-11-12-13-3-1-2-7-19(13)14(17-12)4-8-18-9-5-16-6-10-18/h1-3,7,16H,4-6,8-10H2. The highest BCUT2D eigenvalue weighted by atomic mass is 15.2. The van der Waals surface area contributed by atoms with Crippen molar-refractivity contribution in [2.24, 2.45) is 0 Å². The number of nitrogens with zero attached hydrogens (tertiary/aromatic N) is 4. The van der Waals surface area contributed by atoms with Crippen LogP contribution in [0, 0.1) is 11.3 Å². The molecule has 1 saturated heterocycles. The molecule has 0 atom stereocenters. The summed E-state index contributed by atoms with van der Waals surface area (Å²) in [5.74, 6) is 0.977. The van der Waals surface area contributed by atoms with Crippen molar-refractivity contribution in [3.8, 4) is 6.07 Å². The van der Waals surface area contributed by atoms with Gasteiger partial charge in [-0.15, -0.1) is 0 Å². The number of hydrogen-bond acceptors (Lipinski definition) is 4. The first-order valence-corrected chi connectivity index (χ1v) is 6.67. The van der Waals surface area contributed by atoms with Crippen molar-refractivity contribution in [2.45, 2.75) is 6.42 Å². The SMILES string of the molecule is N#Cc1nc(CCN2CCNCC2)n2ccccc12. The van der Waals surface area contributed by atoms with Crippen molar-refractivity contribution in [3.63, 3.8) is 0 Å². The van der Waals surface area contributed by atoms with Crippen LogP contribution in [0.4, 0.5) is 0 Å². The molecule has 19 heavy (non-hydrogen) atoms. The Morgan fingerprint density at radius 1 is 1.32 bits per heavy atom. The Kier molecular flexibility index (Phi) is 3.45. The van der Waals surface area contributed by atoms with Crippen molar-refractivity contribution in [1.29, 1.82) is 5.26 Å². The van der Waals surface area contributed by atoms with E-state index < -0.39 is 0 Å². The smallest absolute Gasteiger partial charge is 0.166 e. The Bertz CT molecular complexity index is 604. The van der Waals surface area contributed by atoms with Crippen LogP contribution < -0.4 is 5.32 Å². The van der Waals surface area contributed by atoms with Gasteiger partial charge in [-0.2, -0.15) is 5.26 Å². The maximum atomic E-state index is 9.12. The summed E-state index contributed by atoms with van der Waals surface area (Å²) in [5.41, 5.74) is 1.43. The number of hydrogen-bond donors (Lipinski definition) is 1. The highest BCUT2D eigenvalue weighted by molar-refractivity contribution is 5.58. The second-order valence-electron chi connectivity index (χ2n) is 4.79. The van der Waals surface area contributed by atoms with E-state index in [1.54, 1.807) is 0 Å². The summed E-state index contributed by atoms with van der Waals surface area (Å²) in [6, 6.07) is 8.04. The normalized spacial score (nSPS) is 16.6. The topological polar surface area (TPSA) is 56.4 Å². The van der Waals surface area contributed by atoms with Gasteiger partial charge in [0.25, 0.3) is 0 Å². The van der Waals surface area contributed by atoms with Crippen molar-refractivity contribution >= 4 is 5.52 Å². The lowest BCUT2D eigenvalue weighted by Crippen LogP contribution is -2.44. The number of imidazole rings is 1. The first kappa shape index (κ1) is 12.2. The minimum Gasteiger partial charge on any atom is -0.314 e. The average Bonchev–Trinajstić information content (AvgIpc) is 2.84. The molecule has 0 unspecified atom stereocenters. The second kappa shape index (κ2) is 5.39. The first-order valence-electron chi connectivity index (χ1n) is 6.67. The minimum absolute atomic E-state index is 0.524. The molecule has 0 aliphatic carbocycles. The quantitative estimate of drug-likeness (QED) is 0.875. The van der Waals surface area contributed by atoms with Gasteiger partial charge in [-0.05, 0) is 12.1 Å². The predicted molar refractivity (Wildman–Crippen MR) is 72.9 cm³/mol. The van der Waals surface area contributed by atoms with Gasteiger partial charge in [0.05, 0.1) is 5.52 Å². The molecule has 0 saturated carbocycles. The maximum absolute atomic E-state index is 9.12. The Labute approximate surface area is 112 Å². The summed E-state index contributed by atoms with van der Waals surface area (Å²) in [7, 11) is 0. The van der Waals surface area contributed by atoms with Gasteiger partial charge < -0.3 is 14.6 Å². The van der Waals surface area contributed by atoms with E-state index in [0.717, 1.165) is 50.5 Å². The average molecular weight is 255 g/mol. The molecule has 0 radical (unpaired) electrons. The predicted octanol–water partition coefficient (Wildman–Crippen LogP) is 0.654. The van der Waals surface area contributed by atoms with Gasteiger partial charge in [0.1, 0.15) is 11.9 Å². The lowest BCUT2D eigenvalue weighted by Gasteiger charge is -2.26. The van der Waals surface area contributed by atoms with E-state index in [-0.39, 0.29) is 0 Å². The third-order valence-electron chi connectivity index (χ3n) is 3.59. The maximum Gasteiger partial charge on any atom is 0.166 e. The Morgan fingerprint density at radius 2 is 2.16 bits per heavy atom. The summed E-state index contributed by atoms with van der Waals surface area (Å²) in [5, 5.41) is 12.5. The number of nitriles is 1. The number of aromatic nitrogens is 2. The van der Waals surface area contributed by atoms with E-state index in [9.17, 15) is 0 Å². The molecule has 98 valence electrons. The van der Waals surface area contributed by atoms with Gasteiger partial charge in [-0.1, -0.05) is 6.07 Å². The van der Waals surface area contributed by atoms with E-state index in [1.807, 2.05) is 28.8 Å². The van der Waals surface area contributed by atoms with Gasteiger partial charge in [0.15, 0.2) is 5.69 Å². The van der Waals surface area contributed by atoms with E-state index in [2.05, 4.69) is 21.3 Å². The van der Waals surface area contributed by atoms with Crippen LogP contribution in [0.3, 0.4) is 0 Å². The highest BCUT2D eigenvalue weighted by Gasteiger charge is 2.13. The van der Waals surface area contributed by atoms with Crippen LogP contribution in [0.2, 0.25) is 0 Å². The molecule has 1 aliphatic heterocycles. The summed E-state index contributed by atoms with van der Waals surface area (Å²) in [4.78, 5) is 6.89. The third kappa shape index (κ3) is 2.46. The van der Waals surface area contributed by atoms with Crippen molar-refractivity contribution in [1.82, 2.24) is 19.6 Å². The number of rotatable bonds is 3. The van der Waals surface area contributed by atoms with E-state index in [1.165, 1.54) is 0 Å². The van der Waals surface area contributed by atoms with Crippen LogP contribution in [0.15, 0.2) is 24.4 Å². The summed E-state index contributed by atoms with van der Waals surface area (Å²) >= 11 is 0. The molecule has 1 aliphatic rings. The molecule has 2 aromatic heterocycles. The Balaban J connectivity index is 1.79. The molecule has 3 heterocycles. The number of nitrogens with one attached hydrogen (secondary N) is 1. The van der Waals surface area contributed by atoms with Gasteiger partial charge in [-0.3, -0.25) is 0 Å². The molecule has 0 amide bonds. The zero-order valence-corrected chi connectivity index (χ0v) is 10.8. The van der Waals surface area contributed by atoms with Crippen LogP contribution in [0.25, 0.3) is 5.52 Å². The van der Waals surface area contributed by atoms with Gasteiger partial charge in [-0.25, -0.2) is 4.98 Å². The zero-order chi connectivity index (χ0) is 13.1. The Hall–Kier alpha value is -1.90. The van der Waals surface area contributed by atoms with E-state index in [4.69, 9.17) is 5.26 Å². The minimum atomic E-state index is 0.524. The van der Waals surface area contributed by atoms with Gasteiger partial charge >= 0.3 is 0 Å². The van der Waals surface area contributed by atoms with Crippen molar-refractivity contribution in [3.05, 3.63) is 35.9 Å². The van der Waals surface area contributed by atoms with Crippen LogP contribution in [-0.4, -0.2) is 47.0 Å². The largest absolute Gasteiger partial charge is 0.314 e. The van der Waals surface area contributed by atoms with Gasteiger partial charge in [0.2, 0.25) is 0 Å². The molecule has 5 nitrogen and oxygen atoms in total.